The summed E-state index contributed by atoms with van der Waals surface area (Å²) in [6, 6.07) is 0. The molecule has 1 saturated carbocycles. The molecule has 1 aliphatic carbocycles. The summed E-state index contributed by atoms with van der Waals surface area (Å²) >= 11 is 0. The molecule has 0 aromatic carbocycles. The number of hydrogen-bond donors (Lipinski definition) is 3. The van der Waals surface area contributed by atoms with Gasteiger partial charge in [-0.3, -0.25) is 0 Å². The molecule has 0 spiro atoms. The van der Waals surface area contributed by atoms with E-state index in [2.05, 4.69) is 0 Å². The molecule has 0 amide bonds. The van der Waals surface area contributed by atoms with Gasteiger partial charge in [0.05, 0.1) is 0 Å². The van der Waals surface area contributed by atoms with Gasteiger partial charge in [0.2, 0.25) is 0 Å². The van der Waals surface area contributed by atoms with Crippen LogP contribution in [-0.2, 0) is 9.13 Å². The fourth-order valence-electron chi connectivity index (χ4n) is 1.93. The van der Waals surface area contributed by atoms with E-state index in [0.717, 1.165) is 6.42 Å². The molecule has 3 N–H and O–H groups in total. The van der Waals surface area contributed by atoms with Gasteiger partial charge in [0.15, 0.2) is 20.3 Å². The maximum atomic E-state index is 11.0. The standard InChI is InChI=1S/C7H16O7P2.2Na/c1-5(6-3-2-4-6)7(8,15(9,10)11)16(12,13)14;;/h5-6,8H,2-4H2,1H3,(H2,9,10,11)(H2,12,13,14);;/q;2*+1/p-2. The van der Waals surface area contributed by atoms with Crippen LogP contribution >= 0.6 is 15.2 Å². The molecule has 96 valence electrons. The van der Waals surface area contributed by atoms with Gasteiger partial charge in [-0.2, -0.15) is 0 Å². The third-order valence-corrected chi connectivity index (χ3v) is 7.29. The Hall–Kier alpha value is 2.26. The van der Waals surface area contributed by atoms with E-state index in [1.54, 1.807) is 0 Å². The van der Waals surface area contributed by atoms with Crippen molar-refractivity contribution in [3.63, 3.8) is 0 Å². The maximum Gasteiger partial charge on any atom is 1.00 e. The number of rotatable bonds is 4. The monoisotopic (exact) mass is 318 g/mol. The second-order valence-corrected chi connectivity index (χ2v) is 8.01. The van der Waals surface area contributed by atoms with E-state index >= 15 is 0 Å². The first-order valence-corrected chi connectivity index (χ1v) is 7.97. The van der Waals surface area contributed by atoms with Crippen molar-refractivity contribution >= 4 is 15.2 Å². The molecule has 3 atom stereocenters. The average Bonchev–Trinajstić information content (AvgIpc) is 1.94. The Kier molecular flexibility index (Phi) is 9.39. The van der Waals surface area contributed by atoms with Crippen LogP contribution in [-0.4, -0.2) is 20.0 Å². The Balaban J connectivity index is 0. The summed E-state index contributed by atoms with van der Waals surface area (Å²) in [6.07, 6.45) is 1.92. The fourth-order valence-corrected chi connectivity index (χ4v) is 4.66. The van der Waals surface area contributed by atoms with Gasteiger partial charge in [-0.1, -0.05) is 26.2 Å². The van der Waals surface area contributed by atoms with Gasteiger partial charge in [-0.05, 0) is 5.92 Å². The van der Waals surface area contributed by atoms with Crippen molar-refractivity contribution < 1.29 is 92.9 Å². The predicted octanol–water partition coefficient (Wildman–Crippen LogP) is -6.83. The zero-order valence-corrected chi connectivity index (χ0v) is 16.4. The van der Waals surface area contributed by atoms with Crippen molar-refractivity contribution in [2.45, 2.75) is 31.3 Å². The van der Waals surface area contributed by atoms with E-state index in [1.165, 1.54) is 6.92 Å². The maximum absolute atomic E-state index is 11.0. The molecule has 1 fully saturated rings. The topological polar surface area (TPSA) is 141 Å². The van der Waals surface area contributed by atoms with Crippen LogP contribution in [0.4, 0.5) is 0 Å². The van der Waals surface area contributed by atoms with E-state index in [0.29, 0.717) is 12.8 Å². The smallest absolute Gasteiger partial charge is 0.776 e. The van der Waals surface area contributed by atoms with Gasteiger partial charge in [0.1, 0.15) is 0 Å². The van der Waals surface area contributed by atoms with E-state index in [-0.39, 0.29) is 65.0 Å². The third kappa shape index (κ3) is 4.14. The minimum atomic E-state index is -5.62. The average molecular weight is 318 g/mol. The second-order valence-electron chi connectivity index (χ2n) is 4.21. The van der Waals surface area contributed by atoms with Crippen LogP contribution in [0.5, 0.6) is 0 Å². The summed E-state index contributed by atoms with van der Waals surface area (Å²) in [5, 5.41) is 6.16. The summed E-state index contributed by atoms with van der Waals surface area (Å²) in [4.78, 5) is 39.6. The van der Waals surface area contributed by atoms with E-state index in [4.69, 9.17) is 9.79 Å². The van der Waals surface area contributed by atoms with Crippen LogP contribution < -0.4 is 68.9 Å². The molecule has 0 aromatic heterocycles. The van der Waals surface area contributed by atoms with Gasteiger partial charge in [0.25, 0.3) is 0 Å². The van der Waals surface area contributed by atoms with Gasteiger partial charge >= 0.3 is 59.1 Å². The van der Waals surface area contributed by atoms with Gasteiger partial charge in [-0.25, -0.2) is 0 Å². The Morgan fingerprint density at radius 3 is 1.67 bits per heavy atom. The molecule has 0 radical (unpaired) electrons. The summed E-state index contributed by atoms with van der Waals surface area (Å²) < 4.78 is 22.0. The molecular weight excluding hydrogens is 304 g/mol. The first kappa shape index (κ1) is 22.5. The molecule has 0 aliphatic heterocycles. The first-order chi connectivity index (χ1) is 7.02. The Bertz CT molecular complexity index is 339. The Morgan fingerprint density at radius 2 is 1.50 bits per heavy atom. The summed E-state index contributed by atoms with van der Waals surface area (Å²) in [5.74, 6) is -1.60. The molecule has 18 heavy (non-hydrogen) atoms. The Morgan fingerprint density at radius 1 is 1.17 bits per heavy atom. The molecule has 3 unspecified atom stereocenters. The minimum Gasteiger partial charge on any atom is -0.776 e. The zero-order valence-electron chi connectivity index (χ0n) is 10.6. The predicted molar refractivity (Wildman–Crippen MR) is 51.1 cm³/mol. The molecule has 1 rings (SSSR count). The van der Waals surface area contributed by atoms with Crippen LogP contribution in [0.15, 0.2) is 0 Å². The van der Waals surface area contributed by atoms with Crippen LogP contribution in [0.2, 0.25) is 0 Å². The van der Waals surface area contributed by atoms with E-state index in [9.17, 15) is 24.0 Å². The molecule has 1 aliphatic rings. The summed E-state index contributed by atoms with van der Waals surface area (Å²) in [5.41, 5.74) is 0. The number of aliphatic hydroxyl groups is 1. The van der Waals surface area contributed by atoms with E-state index in [1.807, 2.05) is 0 Å². The molecule has 0 aromatic rings. The first-order valence-electron chi connectivity index (χ1n) is 4.82. The SMILES string of the molecule is CC(C1CCC1)C(O)(P(=O)([O-])O)P(=O)([O-])O.[Na+].[Na+]. The third-order valence-electron chi connectivity index (χ3n) is 3.30. The molecule has 11 heteroatoms. The fraction of sp³-hybridized carbons (Fsp3) is 1.00. The largest absolute Gasteiger partial charge is 1.00 e. The van der Waals surface area contributed by atoms with Gasteiger partial charge in [0, 0.05) is 5.92 Å². The van der Waals surface area contributed by atoms with Gasteiger partial charge in [-0.15, -0.1) is 0 Å². The quantitative estimate of drug-likeness (QED) is 0.345. The van der Waals surface area contributed by atoms with E-state index < -0.39 is 26.2 Å². The van der Waals surface area contributed by atoms with Crippen molar-refractivity contribution in [3.05, 3.63) is 0 Å². The molecule has 7 nitrogen and oxygen atoms in total. The molecule has 0 heterocycles. The van der Waals surface area contributed by atoms with Crippen LogP contribution in [0.1, 0.15) is 26.2 Å². The van der Waals surface area contributed by atoms with Gasteiger partial charge < -0.3 is 33.8 Å². The second kappa shape index (κ2) is 7.50. The molecular formula is C7H14Na2O7P2. The normalized spacial score (nSPS) is 27.2. The van der Waals surface area contributed by atoms with Crippen LogP contribution in [0.3, 0.4) is 0 Å². The molecule has 0 saturated heterocycles. The van der Waals surface area contributed by atoms with Crippen LogP contribution in [0, 0.1) is 11.8 Å². The van der Waals surface area contributed by atoms with Crippen LogP contribution in [0.25, 0.3) is 0 Å². The summed E-state index contributed by atoms with van der Waals surface area (Å²) in [7, 11) is -11.2. The van der Waals surface area contributed by atoms with Crippen molar-refractivity contribution in [1.82, 2.24) is 0 Å². The minimum absolute atomic E-state index is 0. The zero-order chi connectivity index (χ0) is 12.8. The van der Waals surface area contributed by atoms with Crippen molar-refractivity contribution in [2.75, 3.05) is 0 Å². The number of hydrogen-bond acceptors (Lipinski definition) is 5. The molecule has 0 bridgehead atoms. The summed E-state index contributed by atoms with van der Waals surface area (Å²) in [6.45, 7) is 1.19. The van der Waals surface area contributed by atoms with Crippen molar-refractivity contribution in [2.24, 2.45) is 11.8 Å². The van der Waals surface area contributed by atoms with Crippen molar-refractivity contribution in [3.8, 4) is 0 Å². The Labute approximate surface area is 150 Å². The van der Waals surface area contributed by atoms with Crippen molar-refractivity contribution in [1.29, 1.82) is 0 Å².